The van der Waals surface area contributed by atoms with E-state index >= 15 is 0 Å². The Morgan fingerprint density at radius 3 is 2.70 bits per heavy atom. The maximum atomic E-state index is 12.5. The fraction of sp³-hybridized carbons (Fsp3) is 0.867. The van der Waals surface area contributed by atoms with Crippen LogP contribution < -0.4 is 11.1 Å². The highest BCUT2D eigenvalue weighted by atomic mass is 16.2. The van der Waals surface area contributed by atoms with Gasteiger partial charge in [0, 0.05) is 18.6 Å². The van der Waals surface area contributed by atoms with Crippen molar-refractivity contribution in [2.24, 2.45) is 23.0 Å². The molecule has 0 aromatic carbocycles. The number of amides is 2. The lowest BCUT2D eigenvalue weighted by atomic mass is 9.70. The maximum absolute atomic E-state index is 12.5. The van der Waals surface area contributed by atoms with Crippen molar-refractivity contribution in [1.29, 1.82) is 0 Å². The molecule has 20 heavy (non-hydrogen) atoms. The van der Waals surface area contributed by atoms with Gasteiger partial charge in [-0.1, -0.05) is 20.3 Å². The summed E-state index contributed by atoms with van der Waals surface area (Å²) in [6, 6.07) is -0.188. The Kier molecular flexibility index (Phi) is 3.27. The van der Waals surface area contributed by atoms with Crippen molar-refractivity contribution < 1.29 is 9.59 Å². The van der Waals surface area contributed by atoms with Gasteiger partial charge in [-0.15, -0.1) is 0 Å². The molecule has 5 heteroatoms. The van der Waals surface area contributed by atoms with E-state index in [9.17, 15) is 9.59 Å². The number of nitrogens with zero attached hydrogens (tertiary/aromatic N) is 1. The zero-order valence-electron chi connectivity index (χ0n) is 12.3. The van der Waals surface area contributed by atoms with Gasteiger partial charge in [-0.3, -0.25) is 9.59 Å². The van der Waals surface area contributed by atoms with E-state index in [-0.39, 0.29) is 35.4 Å². The van der Waals surface area contributed by atoms with Crippen LogP contribution in [0.1, 0.15) is 39.5 Å². The molecule has 5 unspecified atom stereocenters. The largest absolute Gasteiger partial charge is 0.355 e. The highest BCUT2D eigenvalue weighted by Crippen LogP contribution is 2.44. The van der Waals surface area contributed by atoms with Gasteiger partial charge in [-0.2, -0.15) is 0 Å². The van der Waals surface area contributed by atoms with Crippen LogP contribution in [0.5, 0.6) is 0 Å². The lowest BCUT2D eigenvalue weighted by Crippen LogP contribution is -2.52. The van der Waals surface area contributed by atoms with Gasteiger partial charge in [0.05, 0.1) is 12.0 Å². The molecule has 0 aromatic rings. The smallest absolute Gasteiger partial charge is 0.226 e. The molecule has 3 aliphatic rings. The van der Waals surface area contributed by atoms with E-state index in [0.717, 1.165) is 19.4 Å². The minimum absolute atomic E-state index is 0.00306. The number of carbonyl (C=O) groups is 2. The summed E-state index contributed by atoms with van der Waals surface area (Å²) in [5, 5.41) is 3.08. The topological polar surface area (TPSA) is 75.4 Å². The molecule has 2 saturated heterocycles. The molecule has 1 saturated carbocycles. The fourth-order valence-electron chi connectivity index (χ4n) is 4.41. The summed E-state index contributed by atoms with van der Waals surface area (Å²) < 4.78 is 0. The van der Waals surface area contributed by atoms with Crippen LogP contribution in [-0.4, -0.2) is 41.9 Å². The summed E-state index contributed by atoms with van der Waals surface area (Å²) in [6.07, 6.45) is 5.41. The Morgan fingerprint density at radius 1 is 1.50 bits per heavy atom. The summed E-state index contributed by atoms with van der Waals surface area (Å²) in [5.74, 6) is 0.204. The zero-order chi connectivity index (χ0) is 14.5. The number of nitrogens with one attached hydrogen (secondary N) is 1. The van der Waals surface area contributed by atoms with E-state index in [1.54, 1.807) is 4.90 Å². The van der Waals surface area contributed by atoms with E-state index in [1.807, 2.05) is 0 Å². The second-order valence-corrected chi connectivity index (χ2v) is 7.31. The summed E-state index contributed by atoms with van der Waals surface area (Å²) >= 11 is 0. The number of rotatable bonds is 4. The summed E-state index contributed by atoms with van der Waals surface area (Å²) in [5.41, 5.74) is 6.52. The second kappa shape index (κ2) is 4.72. The molecule has 2 amide bonds. The van der Waals surface area contributed by atoms with Crippen molar-refractivity contribution in [2.45, 2.75) is 57.7 Å². The van der Waals surface area contributed by atoms with Gasteiger partial charge in [0.15, 0.2) is 0 Å². The van der Waals surface area contributed by atoms with E-state index in [2.05, 4.69) is 19.2 Å². The monoisotopic (exact) mass is 279 g/mol. The normalized spacial score (nSPS) is 41.4. The minimum Gasteiger partial charge on any atom is -0.355 e. The van der Waals surface area contributed by atoms with Gasteiger partial charge in [0.2, 0.25) is 12.3 Å². The highest BCUT2D eigenvalue weighted by Gasteiger charge is 2.57. The molecule has 0 aromatic heterocycles. The van der Waals surface area contributed by atoms with Gasteiger partial charge >= 0.3 is 0 Å². The van der Waals surface area contributed by atoms with E-state index in [1.165, 1.54) is 19.3 Å². The van der Waals surface area contributed by atoms with Crippen LogP contribution in [-0.2, 0) is 9.59 Å². The van der Waals surface area contributed by atoms with Gasteiger partial charge in [-0.05, 0) is 30.6 Å². The van der Waals surface area contributed by atoms with Crippen molar-refractivity contribution in [3.8, 4) is 0 Å². The van der Waals surface area contributed by atoms with E-state index in [0.29, 0.717) is 5.92 Å². The predicted octanol–water partition coefficient (Wildman–Crippen LogP) is 0.485. The Labute approximate surface area is 120 Å². The summed E-state index contributed by atoms with van der Waals surface area (Å²) in [4.78, 5) is 25.5. The minimum atomic E-state index is -0.231. The average molecular weight is 279 g/mol. The fourth-order valence-corrected chi connectivity index (χ4v) is 4.41. The molecule has 2 aliphatic heterocycles. The molecule has 2 bridgehead atoms. The molecule has 112 valence electrons. The molecule has 0 radical (unpaired) electrons. The lowest BCUT2D eigenvalue weighted by molar-refractivity contribution is -0.127. The van der Waals surface area contributed by atoms with Crippen molar-refractivity contribution in [3.05, 3.63) is 0 Å². The van der Waals surface area contributed by atoms with Gasteiger partial charge in [-0.25, -0.2) is 0 Å². The Bertz CT molecular complexity index is 421. The zero-order valence-corrected chi connectivity index (χ0v) is 12.3. The van der Waals surface area contributed by atoms with Crippen molar-refractivity contribution in [3.63, 3.8) is 0 Å². The third-order valence-electron chi connectivity index (χ3n) is 5.82. The number of hydrogen-bond donors (Lipinski definition) is 2. The highest BCUT2D eigenvalue weighted by molar-refractivity contribution is 5.82. The molecular formula is C15H25N3O2. The molecule has 3 N–H and O–H groups in total. The molecule has 3 rings (SSSR count). The molecule has 1 aliphatic carbocycles. The number of hydrogen-bond acceptors (Lipinski definition) is 3. The maximum Gasteiger partial charge on any atom is 0.226 e. The molecule has 5 atom stereocenters. The predicted molar refractivity (Wildman–Crippen MR) is 75.7 cm³/mol. The molecule has 5 nitrogen and oxygen atoms in total. The lowest BCUT2D eigenvalue weighted by Gasteiger charge is -2.39. The first-order valence-corrected chi connectivity index (χ1v) is 7.73. The van der Waals surface area contributed by atoms with Crippen LogP contribution in [0, 0.1) is 17.3 Å². The van der Waals surface area contributed by atoms with Crippen LogP contribution in [0.25, 0.3) is 0 Å². The Hall–Kier alpha value is -1.10. The van der Waals surface area contributed by atoms with Crippen LogP contribution in [0.2, 0.25) is 0 Å². The van der Waals surface area contributed by atoms with E-state index < -0.39 is 0 Å². The third kappa shape index (κ3) is 1.94. The van der Waals surface area contributed by atoms with Gasteiger partial charge in [0.25, 0.3) is 0 Å². The number of nitrogens with two attached hydrogens (primary N) is 1. The van der Waals surface area contributed by atoms with Gasteiger partial charge in [0.1, 0.15) is 0 Å². The van der Waals surface area contributed by atoms with Crippen LogP contribution in [0.4, 0.5) is 0 Å². The van der Waals surface area contributed by atoms with Crippen molar-refractivity contribution in [2.75, 3.05) is 6.54 Å². The number of carbonyl (C=O) groups excluding carboxylic acids is 2. The standard InChI is InChI=1S/C15H25N3O2/c1-9-6-10-11(12(16)13(9)18(10)8-19)14(20)17-7-15(2)4-3-5-15/h8-13H,3-7,16H2,1-2H3,(H,17,20). The quantitative estimate of drug-likeness (QED) is 0.735. The Morgan fingerprint density at radius 2 is 2.20 bits per heavy atom. The average Bonchev–Trinajstić information content (AvgIpc) is 2.83. The van der Waals surface area contributed by atoms with Crippen LogP contribution in [0.3, 0.4) is 0 Å². The Balaban J connectivity index is 1.65. The third-order valence-corrected chi connectivity index (χ3v) is 5.82. The first kappa shape index (κ1) is 13.9. The first-order chi connectivity index (χ1) is 9.47. The van der Waals surface area contributed by atoms with Crippen LogP contribution in [0.15, 0.2) is 0 Å². The summed E-state index contributed by atoms with van der Waals surface area (Å²) in [6.45, 7) is 5.07. The molecule has 0 spiro atoms. The van der Waals surface area contributed by atoms with Crippen molar-refractivity contribution in [1.82, 2.24) is 10.2 Å². The van der Waals surface area contributed by atoms with Crippen molar-refractivity contribution >= 4 is 12.3 Å². The van der Waals surface area contributed by atoms with Crippen LogP contribution >= 0.6 is 0 Å². The van der Waals surface area contributed by atoms with Gasteiger partial charge < -0.3 is 16.0 Å². The first-order valence-electron chi connectivity index (χ1n) is 7.73. The second-order valence-electron chi connectivity index (χ2n) is 7.31. The molecule has 3 fully saturated rings. The molecule has 2 heterocycles. The molecular weight excluding hydrogens is 254 g/mol. The summed E-state index contributed by atoms with van der Waals surface area (Å²) in [7, 11) is 0. The van der Waals surface area contributed by atoms with E-state index in [4.69, 9.17) is 5.73 Å². The number of fused-ring (bicyclic) bond motifs is 2. The SMILES string of the molecule is CC1CC2C(C(=O)NCC3(C)CCC3)C(N)C1N2C=O.